The van der Waals surface area contributed by atoms with E-state index in [1.165, 1.54) is 17.7 Å². The highest BCUT2D eigenvalue weighted by atomic mass is 19.1. The highest BCUT2D eigenvalue weighted by Crippen LogP contribution is 2.19. The fourth-order valence-electron chi connectivity index (χ4n) is 4.86. The van der Waals surface area contributed by atoms with Crippen molar-refractivity contribution in [3.63, 3.8) is 0 Å². The van der Waals surface area contributed by atoms with Crippen molar-refractivity contribution in [3.8, 4) is 11.3 Å². The lowest BCUT2D eigenvalue weighted by molar-refractivity contribution is 0.0829. The third kappa shape index (κ3) is 7.22. The van der Waals surface area contributed by atoms with Gasteiger partial charge in [0.1, 0.15) is 17.3 Å². The summed E-state index contributed by atoms with van der Waals surface area (Å²) in [6, 6.07) is 23.7. The first-order valence-electron chi connectivity index (χ1n) is 13.6. The minimum absolute atomic E-state index is 0.0417. The van der Waals surface area contributed by atoms with Crippen LogP contribution in [0.15, 0.2) is 97.3 Å². The molecule has 1 amide bonds. The second-order valence-corrected chi connectivity index (χ2v) is 10.1. The molecule has 0 radical (unpaired) electrons. The van der Waals surface area contributed by atoms with Crippen LogP contribution in [-0.4, -0.2) is 39.1 Å². The van der Waals surface area contributed by atoms with Gasteiger partial charge in [-0.1, -0.05) is 61.5 Å². The fourth-order valence-corrected chi connectivity index (χ4v) is 4.86. The largest absolute Gasteiger partial charge is 0.390 e. The molecule has 5 rings (SSSR count). The van der Waals surface area contributed by atoms with Gasteiger partial charge >= 0.3 is 0 Å². The normalized spacial score (nSPS) is 12.8. The molecule has 3 aromatic carbocycles. The number of nitrogens with one attached hydrogen (secondary N) is 2. The first-order chi connectivity index (χ1) is 19.9. The fraction of sp³-hybridized carbons (Fsp3) is 0.212. The van der Waals surface area contributed by atoms with Crippen LogP contribution in [0.4, 0.5) is 8.78 Å². The first kappa shape index (κ1) is 28.1. The lowest BCUT2D eigenvalue weighted by Gasteiger charge is -2.25. The Morgan fingerprint density at radius 3 is 2.41 bits per heavy atom. The number of aliphatic hydroxyl groups is 1. The molecule has 2 aromatic heterocycles. The van der Waals surface area contributed by atoms with Crippen LogP contribution in [0.5, 0.6) is 0 Å². The van der Waals surface area contributed by atoms with E-state index in [0.717, 1.165) is 29.3 Å². The van der Waals surface area contributed by atoms with E-state index in [-0.39, 0.29) is 13.0 Å². The van der Waals surface area contributed by atoms with Crippen LogP contribution in [0.1, 0.15) is 34.0 Å². The molecular formula is C33H32F2N4O2. The number of hydrogen-bond donors (Lipinski definition) is 3. The van der Waals surface area contributed by atoms with E-state index in [1.54, 1.807) is 22.7 Å². The van der Waals surface area contributed by atoms with Gasteiger partial charge in [-0.15, -0.1) is 0 Å². The van der Waals surface area contributed by atoms with Crippen LogP contribution in [0, 0.1) is 11.6 Å². The number of benzene rings is 3. The monoisotopic (exact) mass is 554 g/mol. The smallest absolute Gasteiger partial charge is 0.253 e. The van der Waals surface area contributed by atoms with Crippen molar-refractivity contribution in [1.82, 2.24) is 20.0 Å². The maximum atomic E-state index is 13.9. The lowest BCUT2D eigenvalue weighted by atomic mass is 10.00. The van der Waals surface area contributed by atoms with E-state index < -0.39 is 29.7 Å². The van der Waals surface area contributed by atoms with Crippen molar-refractivity contribution in [2.75, 3.05) is 6.54 Å². The summed E-state index contributed by atoms with van der Waals surface area (Å²) in [5.74, 6) is -1.85. The van der Waals surface area contributed by atoms with Gasteiger partial charge in [0.25, 0.3) is 5.91 Å². The highest BCUT2D eigenvalue weighted by molar-refractivity contribution is 5.94. The Hall–Kier alpha value is -4.40. The predicted octanol–water partition coefficient (Wildman–Crippen LogP) is 5.33. The van der Waals surface area contributed by atoms with E-state index in [2.05, 4.69) is 34.7 Å². The Kier molecular flexibility index (Phi) is 8.82. The van der Waals surface area contributed by atoms with Crippen LogP contribution in [0.2, 0.25) is 0 Å². The molecule has 41 heavy (non-hydrogen) atoms. The van der Waals surface area contributed by atoms with Crippen molar-refractivity contribution in [3.05, 3.63) is 131 Å². The molecule has 8 heteroatoms. The number of rotatable bonds is 11. The summed E-state index contributed by atoms with van der Waals surface area (Å²) in [6.45, 7) is 2.78. The van der Waals surface area contributed by atoms with Crippen LogP contribution >= 0.6 is 0 Å². The van der Waals surface area contributed by atoms with Gasteiger partial charge < -0.3 is 20.1 Å². The zero-order chi connectivity index (χ0) is 28.8. The zero-order valence-electron chi connectivity index (χ0n) is 22.7. The summed E-state index contributed by atoms with van der Waals surface area (Å²) < 4.78 is 29.6. The summed E-state index contributed by atoms with van der Waals surface area (Å²) in [5, 5.41) is 17.2. The molecule has 0 saturated carbocycles. The number of aromatic nitrogens is 2. The number of carbonyl (C=O) groups excluding carboxylic acids is 1. The number of halogens is 2. The molecule has 5 aromatic rings. The van der Waals surface area contributed by atoms with E-state index >= 15 is 0 Å². The summed E-state index contributed by atoms with van der Waals surface area (Å²) >= 11 is 0. The average molecular weight is 555 g/mol. The van der Waals surface area contributed by atoms with Crippen molar-refractivity contribution >= 4 is 11.6 Å². The molecule has 2 atom stereocenters. The molecule has 2 heterocycles. The maximum Gasteiger partial charge on any atom is 0.253 e. The zero-order valence-corrected chi connectivity index (χ0v) is 22.7. The van der Waals surface area contributed by atoms with Gasteiger partial charge in [-0.2, -0.15) is 0 Å². The maximum absolute atomic E-state index is 13.9. The molecule has 0 spiro atoms. The van der Waals surface area contributed by atoms with Gasteiger partial charge in [0, 0.05) is 37.1 Å². The van der Waals surface area contributed by atoms with Crippen molar-refractivity contribution in [2.24, 2.45) is 0 Å². The number of aliphatic hydroxyl groups excluding tert-OH is 1. The van der Waals surface area contributed by atoms with Gasteiger partial charge in [-0.25, -0.2) is 13.8 Å². The van der Waals surface area contributed by atoms with Gasteiger partial charge in [0.05, 0.1) is 23.4 Å². The Bertz CT molecular complexity index is 1620. The molecule has 0 unspecified atom stereocenters. The number of aryl methyl sites for hydroxylation is 1. The molecule has 0 aliphatic carbocycles. The van der Waals surface area contributed by atoms with Crippen LogP contribution in [0.25, 0.3) is 16.9 Å². The SMILES string of the molecule is CCc1cccc(CNC[C@@H](O)[C@H](Cc2cc(F)cc(F)c2)NC(=O)c2ccc3nc(-c4ccccc4)cn3c2)c1. The number of imidazole rings is 1. The van der Waals surface area contributed by atoms with Crippen molar-refractivity contribution in [1.29, 1.82) is 0 Å². The van der Waals surface area contributed by atoms with E-state index in [4.69, 9.17) is 0 Å². The van der Waals surface area contributed by atoms with Crippen LogP contribution in [0.3, 0.4) is 0 Å². The number of pyridine rings is 1. The topological polar surface area (TPSA) is 78.7 Å². The minimum Gasteiger partial charge on any atom is -0.390 e. The molecule has 0 saturated heterocycles. The summed E-state index contributed by atoms with van der Waals surface area (Å²) in [4.78, 5) is 18.0. The van der Waals surface area contributed by atoms with Gasteiger partial charge in [-0.3, -0.25) is 4.79 Å². The standard InChI is InChI=1S/C33H32F2N4O2/c1-2-22-7-6-8-23(13-22)18-36-19-31(40)29(16-24-14-27(34)17-28(35)15-24)38-33(41)26-11-12-32-37-30(21-39(32)20-26)25-9-4-3-5-10-25/h3-15,17,20-21,29,31,36,40H,2,16,18-19H2,1H3,(H,38,41)/t29-,31+/m0/s1. The van der Waals surface area contributed by atoms with Crippen LogP contribution < -0.4 is 10.6 Å². The lowest BCUT2D eigenvalue weighted by Crippen LogP contribution is -2.48. The number of amides is 1. The first-order valence-corrected chi connectivity index (χ1v) is 13.6. The number of nitrogens with zero attached hydrogens (tertiary/aromatic N) is 2. The minimum atomic E-state index is -1.03. The summed E-state index contributed by atoms with van der Waals surface area (Å²) in [7, 11) is 0. The third-order valence-corrected chi connectivity index (χ3v) is 7.02. The summed E-state index contributed by atoms with van der Waals surface area (Å²) in [5.41, 5.74) is 5.41. The third-order valence-electron chi connectivity index (χ3n) is 7.02. The quantitative estimate of drug-likeness (QED) is 0.206. The second-order valence-electron chi connectivity index (χ2n) is 10.1. The molecule has 0 bridgehead atoms. The summed E-state index contributed by atoms with van der Waals surface area (Å²) in [6.07, 6.45) is 3.46. The molecule has 210 valence electrons. The molecule has 0 fully saturated rings. The number of fused-ring (bicyclic) bond motifs is 1. The van der Waals surface area contributed by atoms with E-state index in [0.29, 0.717) is 23.3 Å². The Labute approximate surface area is 237 Å². The Morgan fingerprint density at radius 2 is 1.66 bits per heavy atom. The molecule has 6 nitrogen and oxygen atoms in total. The highest BCUT2D eigenvalue weighted by Gasteiger charge is 2.23. The van der Waals surface area contributed by atoms with E-state index in [9.17, 15) is 18.7 Å². The second kappa shape index (κ2) is 12.8. The van der Waals surface area contributed by atoms with Gasteiger partial charge in [-0.05, 0) is 53.8 Å². The molecule has 0 aliphatic heterocycles. The van der Waals surface area contributed by atoms with Crippen LogP contribution in [-0.2, 0) is 19.4 Å². The average Bonchev–Trinajstić information content (AvgIpc) is 3.40. The Morgan fingerprint density at radius 1 is 0.902 bits per heavy atom. The van der Waals surface area contributed by atoms with Gasteiger partial charge in [0.2, 0.25) is 0 Å². The van der Waals surface area contributed by atoms with Gasteiger partial charge in [0.15, 0.2) is 0 Å². The van der Waals surface area contributed by atoms with E-state index in [1.807, 2.05) is 48.7 Å². The molecular weight excluding hydrogens is 522 g/mol. The molecule has 0 aliphatic rings. The van der Waals surface area contributed by atoms with Crippen molar-refractivity contribution < 1.29 is 18.7 Å². The number of carbonyl (C=O) groups is 1. The Balaban J connectivity index is 1.32. The predicted molar refractivity (Wildman–Crippen MR) is 155 cm³/mol. The molecule has 3 N–H and O–H groups in total. The van der Waals surface area contributed by atoms with Crippen molar-refractivity contribution in [2.45, 2.75) is 38.5 Å². The number of hydrogen-bond acceptors (Lipinski definition) is 4.